The van der Waals surface area contributed by atoms with Crippen molar-refractivity contribution in [1.82, 2.24) is 10.2 Å². The van der Waals surface area contributed by atoms with Crippen LogP contribution in [-0.4, -0.2) is 48.9 Å². The molecule has 3 aromatic rings. The fourth-order valence-electron chi connectivity index (χ4n) is 4.06. The summed E-state index contributed by atoms with van der Waals surface area (Å²) in [5.74, 6) is 1.38. The third-order valence-electron chi connectivity index (χ3n) is 5.84. The molecule has 2 heterocycles. The maximum atomic E-state index is 12.5. The van der Waals surface area contributed by atoms with Gasteiger partial charge in [-0.2, -0.15) is 0 Å². The molecule has 1 aliphatic rings. The molecule has 0 bridgehead atoms. The summed E-state index contributed by atoms with van der Waals surface area (Å²) >= 11 is 0. The van der Waals surface area contributed by atoms with Crippen LogP contribution < -0.4 is 19.9 Å². The molecule has 0 atom stereocenters. The molecule has 0 unspecified atom stereocenters. The summed E-state index contributed by atoms with van der Waals surface area (Å²) in [7, 11) is 0. The highest BCUT2D eigenvalue weighted by atomic mass is 16.5. The molecule has 1 aromatic heterocycles. The van der Waals surface area contributed by atoms with Gasteiger partial charge in [-0.15, -0.1) is 10.2 Å². The average Bonchev–Trinajstić information content (AvgIpc) is 3.39. The number of rotatable bonds is 9. The van der Waals surface area contributed by atoms with E-state index >= 15 is 0 Å². The number of aromatic nitrogens is 2. The molecule has 7 nitrogen and oxygen atoms in total. The lowest BCUT2D eigenvalue weighted by atomic mass is 10.1. The summed E-state index contributed by atoms with van der Waals surface area (Å²) in [5, 5.41) is 11.7. The minimum Gasteiger partial charge on any atom is -0.484 e. The van der Waals surface area contributed by atoms with E-state index < -0.39 is 0 Å². The summed E-state index contributed by atoms with van der Waals surface area (Å²) in [6.45, 7) is 8.09. The molecule has 7 heteroatoms. The highest BCUT2D eigenvalue weighted by molar-refractivity contribution is 5.92. The lowest BCUT2D eigenvalue weighted by Gasteiger charge is -2.21. The van der Waals surface area contributed by atoms with Gasteiger partial charge < -0.3 is 19.9 Å². The zero-order valence-corrected chi connectivity index (χ0v) is 19.3. The molecule has 1 aliphatic heterocycles. The van der Waals surface area contributed by atoms with Crippen molar-refractivity contribution in [3.63, 3.8) is 0 Å². The van der Waals surface area contributed by atoms with Crippen LogP contribution in [0.25, 0.3) is 11.3 Å². The molecule has 1 fully saturated rings. The van der Waals surface area contributed by atoms with Gasteiger partial charge in [-0.05, 0) is 63.1 Å². The van der Waals surface area contributed by atoms with Crippen molar-refractivity contribution < 1.29 is 9.53 Å². The minimum absolute atomic E-state index is 0.0593. The monoisotopic (exact) mass is 445 g/mol. The molecular weight excluding hydrogens is 414 g/mol. The number of anilines is 3. The van der Waals surface area contributed by atoms with Crippen molar-refractivity contribution in [2.45, 2.75) is 26.7 Å². The van der Waals surface area contributed by atoms with Gasteiger partial charge in [0.05, 0.1) is 5.69 Å². The molecule has 0 spiro atoms. The Labute approximate surface area is 195 Å². The predicted octanol–water partition coefficient (Wildman–Crippen LogP) is 4.61. The topological polar surface area (TPSA) is 70.6 Å². The maximum Gasteiger partial charge on any atom is 0.262 e. The number of carbonyl (C=O) groups excluding carboxylic acids is 1. The Morgan fingerprint density at radius 1 is 1.00 bits per heavy atom. The minimum atomic E-state index is -0.212. The van der Waals surface area contributed by atoms with E-state index in [-0.39, 0.29) is 12.5 Å². The molecule has 0 radical (unpaired) electrons. The number of hydrogen-bond acceptors (Lipinski definition) is 6. The largest absolute Gasteiger partial charge is 0.484 e. The fourth-order valence-corrected chi connectivity index (χ4v) is 4.06. The molecule has 1 saturated heterocycles. The lowest BCUT2D eigenvalue weighted by Crippen LogP contribution is -2.22. The van der Waals surface area contributed by atoms with Gasteiger partial charge in [0.25, 0.3) is 5.91 Å². The first kappa shape index (κ1) is 22.6. The summed E-state index contributed by atoms with van der Waals surface area (Å²) in [6, 6.07) is 19.4. The number of nitrogens with zero attached hydrogens (tertiary/aromatic N) is 4. The zero-order chi connectivity index (χ0) is 23.0. The van der Waals surface area contributed by atoms with Crippen LogP contribution in [0.4, 0.5) is 17.2 Å². The van der Waals surface area contributed by atoms with Crippen LogP contribution in [0.15, 0.2) is 60.7 Å². The second kappa shape index (κ2) is 10.8. The summed E-state index contributed by atoms with van der Waals surface area (Å²) in [5.41, 5.74) is 3.46. The number of amides is 1. The molecule has 1 amide bonds. The Bertz CT molecular complexity index is 1060. The van der Waals surface area contributed by atoms with E-state index in [4.69, 9.17) is 4.74 Å². The summed E-state index contributed by atoms with van der Waals surface area (Å²) in [6.07, 6.45) is 2.41. The van der Waals surface area contributed by atoms with Gasteiger partial charge in [-0.3, -0.25) is 4.79 Å². The number of hydrogen-bond donors (Lipinski definition) is 1. The normalized spacial score (nSPS) is 13.1. The summed E-state index contributed by atoms with van der Waals surface area (Å²) in [4.78, 5) is 17.0. The molecule has 1 N–H and O–H groups in total. The van der Waals surface area contributed by atoms with Gasteiger partial charge in [-0.25, -0.2) is 0 Å². The Hall–Kier alpha value is -3.61. The van der Waals surface area contributed by atoms with Crippen molar-refractivity contribution in [3.05, 3.63) is 60.7 Å². The third kappa shape index (κ3) is 5.80. The van der Waals surface area contributed by atoms with Gasteiger partial charge >= 0.3 is 0 Å². The van der Waals surface area contributed by atoms with Crippen molar-refractivity contribution in [1.29, 1.82) is 0 Å². The SMILES string of the molecule is CCN(CC)c1cccc(OCC(=O)Nc2cccc(-c3ccc(N4CCCC4)nn3)c2)c1. The highest BCUT2D eigenvalue weighted by Gasteiger charge is 2.14. The Morgan fingerprint density at radius 3 is 2.52 bits per heavy atom. The van der Waals surface area contributed by atoms with Crippen molar-refractivity contribution in [3.8, 4) is 17.0 Å². The van der Waals surface area contributed by atoms with Crippen LogP contribution in [0.1, 0.15) is 26.7 Å². The molecule has 2 aromatic carbocycles. The fraction of sp³-hybridized carbons (Fsp3) is 0.346. The van der Waals surface area contributed by atoms with E-state index in [1.165, 1.54) is 12.8 Å². The van der Waals surface area contributed by atoms with Crippen molar-refractivity contribution in [2.24, 2.45) is 0 Å². The summed E-state index contributed by atoms with van der Waals surface area (Å²) < 4.78 is 5.73. The van der Waals surface area contributed by atoms with E-state index in [0.29, 0.717) is 11.4 Å². The highest BCUT2D eigenvalue weighted by Crippen LogP contribution is 2.24. The van der Waals surface area contributed by atoms with E-state index in [1.54, 1.807) is 0 Å². The van der Waals surface area contributed by atoms with E-state index in [1.807, 2.05) is 60.7 Å². The predicted molar refractivity (Wildman–Crippen MR) is 133 cm³/mol. The lowest BCUT2D eigenvalue weighted by molar-refractivity contribution is -0.118. The maximum absolute atomic E-state index is 12.5. The number of ether oxygens (including phenoxy) is 1. The Kier molecular flexibility index (Phi) is 7.40. The quantitative estimate of drug-likeness (QED) is 0.519. The third-order valence-corrected chi connectivity index (χ3v) is 5.84. The second-order valence-electron chi connectivity index (χ2n) is 8.06. The van der Waals surface area contributed by atoms with Gasteiger partial charge in [0.2, 0.25) is 0 Å². The number of nitrogens with one attached hydrogen (secondary N) is 1. The van der Waals surface area contributed by atoms with Crippen LogP contribution in [0.3, 0.4) is 0 Å². The van der Waals surface area contributed by atoms with E-state index in [9.17, 15) is 4.79 Å². The van der Waals surface area contributed by atoms with E-state index in [2.05, 4.69) is 39.2 Å². The molecule has 4 rings (SSSR count). The number of benzene rings is 2. The molecule has 172 valence electrons. The molecular formula is C26H31N5O2. The van der Waals surface area contributed by atoms with Crippen molar-refractivity contribution >= 4 is 23.1 Å². The van der Waals surface area contributed by atoms with Crippen LogP contribution in [0, 0.1) is 0 Å². The number of carbonyl (C=O) groups is 1. The van der Waals surface area contributed by atoms with Gasteiger partial charge in [-0.1, -0.05) is 18.2 Å². The van der Waals surface area contributed by atoms with E-state index in [0.717, 1.165) is 48.9 Å². The Balaban J connectivity index is 1.35. The van der Waals surface area contributed by atoms with Crippen LogP contribution in [-0.2, 0) is 4.79 Å². The first-order valence-corrected chi connectivity index (χ1v) is 11.6. The van der Waals surface area contributed by atoms with Gasteiger partial charge in [0, 0.05) is 49.2 Å². The van der Waals surface area contributed by atoms with Gasteiger partial charge in [0.1, 0.15) is 5.75 Å². The first-order chi connectivity index (χ1) is 16.2. The molecule has 0 aliphatic carbocycles. The standard InChI is InChI=1S/C26H31N5O2/c1-3-30(4-2)22-11-8-12-23(18-22)33-19-26(32)27-21-10-7-9-20(17-21)24-13-14-25(29-28-24)31-15-5-6-16-31/h7-14,17-18H,3-6,15-16,19H2,1-2H3,(H,27,32). The Morgan fingerprint density at radius 2 is 1.79 bits per heavy atom. The average molecular weight is 446 g/mol. The van der Waals surface area contributed by atoms with Crippen LogP contribution in [0.2, 0.25) is 0 Å². The van der Waals surface area contributed by atoms with Crippen LogP contribution >= 0.6 is 0 Å². The van der Waals surface area contributed by atoms with Crippen molar-refractivity contribution in [2.75, 3.05) is 47.9 Å². The van der Waals surface area contributed by atoms with Crippen LogP contribution in [0.5, 0.6) is 5.75 Å². The first-order valence-electron chi connectivity index (χ1n) is 11.6. The molecule has 0 saturated carbocycles. The second-order valence-corrected chi connectivity index (χ2v) is 8.06. The zero-order valence-electron chi connectivity index (χ0n) is 19.3. The molecule has 33 heavy (non-hydrogen) atoms. The smallest absolute Gasteiger partial charge is 0.262 e. The van der Waals surface area contributed by atoms with Gasteiger partial charge in [0.15, 0.2) is 12.4 Å².